The van der Waals surface area contributed by atoms with Crippen LogP contribution in [0.4, 0.5) is 0 Å². The molecule has 0 unspecified atom stereocenters. The lowest BCUT2D eigenvalue weighted by Gasteiger charge is -2.19. The minimum atomic E-state index is 0.160. The number of hydrogen-bond acceptors (Lipinski definition) is 3. The molecule has 0 heterocycles. The second kappa shape index (κ2) is 8.52. The molecule has 21 heavy (non-hydrogen) atoms. The van der Waals surface area contributed by atoms with Crippen LogP contribution in [0.1, 0.15) is 26.3 Å². The van der Waals surface area contributed by atoms with Crippen molar-refractivity contribution in [2.24, 2.45) is 10.7 Å². The van der Waals surface area contributed by atoms with Crippen molar-refractivity contribution in [3.63, 3.8) is 0 Å². The normalized spacial score (nSPS) is 12.3. The summed E-state index contributed by atoms with van der Waals surface area (Å²) in [7, 11) is 1.64. The summed E-state index contributed by atoms with van der Waals surface area (Å²) in [4.78, 5) is 4.10. The van der Waals surface area contributed by atoms with E-state index in [-0.39, 0.29) is 5.41 Å². The van der Waals surface area contributed by atoms with Crippen molar-refractivity contribution in [1.82, 2.24) is 5.32 Å². The first-order valence-electron chi connectivity index (χ1n) is 7.19. The Balaban J connectivity index is 2.28. The molecule has 118 valence electrons. The van der Waals surface area contributed by atoms with Crippen LogP contribution in [0.25, 0.3) is 0 Å². The van der Waals surface area contributed by atoms with E-state index < -0.39 is 0 Å². The Morgan fingerprint density at radius 3 is 2.43 bits per heavy atom. The van der Waals surface area contributed by atoms with Crippen LogP contribution in [0.3, 0.4) is 0 Å². The molecule has 0 fully saturated rings. The van der Waals surface area contributed by atoms with E-state index in [0.29, 0.717) is 32.3 Å². The Morgan fingerprint density at radius 2 is 1.86 bits per heavy atom. The Bertz CT molecular complexity index is 436. The molecule has 1 rings (SSSR count). The average Bonchev–Trinajstić information content (AvgIpc) is 2.43. The molecule has 0 saturated heterocycles. The van der Waals surface area contributed by atoms with Gasteiger partial charge in [0.1, 0.15) is 12.4 Å². The molecular formula is C16H27N3O2. The summed E-state index contributed by atoms with van der Waals surface area (Å²) in [6.45, 7) is 8.86. The van der Waals surface area contributed by atoms with Crippen LogP contribution in [-0.2, 0) is 10.2 Å². The van der Waals surface area contributed by atoms with Crippen LogP contribution in [-0.4, -0.2) is 39.4 Å². The zero-order valence-electron chi connectivity index (χ0n) is 13.5. The number of aliphatic imine (C=N–C) groups is 1. The third-order valence-electron chi connectivity index (χ3n) is 2.97. The van der Waals surface area contributed by atoms with Crippen molar-refractivity contribution in [1.29, 1.82) is 0 Å². The van der Waals surface area contributed by atoms with Crippen molar-refractivity contribution in [2.75, 3.05) is 33.4 Å². The summed E-state index contributed by atoms with van der Waals surface area (Å²) in [6, 6.07) is 8.19. The molecule has 0 radical (unpaired) electrons. The number of hydrogen-bond donors (Lipinski definition) is 2. The fraction of sp³-hybridized carbons (Fsp3) is 0.562. The van der Waals surface area contributed by atoms with E-state index in [1.807, 2.05) is 12.1 Å². The van der Waals surface area contributed by atoms with Crippen molar-refractivity contribution in [3.8, 4) is 5.75 Å². The Hall–Kier alpha value is -1.75. The SMILES string of the molecule is COCCN=C(N)NCCOc1ccc(C(C)(C)C)cc1. The van der Waals surface area contributed by atoms with Gasteiger partial charge in [-0.25, -0.2) is 0 Å². The fourth-order valence-corrected chi connectivity index (χ4v) is 1.71. The Kier molecular flexibility index (Phi) is 7.02. The van der Waals surface area contributed by atoms with E-state index in [4.69, 9.17) is 15.2 Å². The van der Waals surface area contributed by atoms with E-state index in [1.165, 1.54) is 5.56 Å². The van der Waals surface area contributed by atoms with Gasteiger partial charge >= 0.3 is 0 Å². The standard InChI is InChI=1S/C16H27N3O2/c1-16(2,3)13-5-7-14(8-6-13)21-12-10-19-15(17)18-9-11-20-4/h5-8H,9-12H2,1-4H3,(H3,17,18,19). The second-order valence-corrected chi connectivity index (χ2v) is 5.81. The summed E-state index contributed by atoms with van der Waals surface area (Å²) < 4.78 is 10.5. The molecular weight excluding hydrogens is 266 g/mol. The molecule has 3 N–H and O–H groups in total. The van der Waals surface area contributed by atoms with Crippen LogP contribution < -0.4 is 15.8 Å². The molecule has 0 bridgehead atoms. The van der Waals surface area contributed by atoms with Gasteiger partial charge in [0.25, 0.3) is 0 Å². The maximum Gasteiger partial charge on any atom is 0.188 e. The quantitative estimate of drug-likeness (QED) is 0.458. The van der Waals surface area contributed by atoms with E-state index >= 15 is 0 Å². The maximum absolute atomic E-state index is 5.69. The Morgan fingerprint density at radius 1 is 1.19 bits per heavy atom. The first-order valence-corrected chi connectivity index (χ1v) is 7.19. The van der Waals surface area contributed by atoms with Gasteiger partial charge in [0.05, 0.1) is 19.7 Å². The molecule has 0 amide bonds. The third kappa shape index (κ3) is 6.99. The highest BCUT2D eigenvalue weighted by molar-refractivity contribution is 5.77. The first kappa shape index (κ1) is 17.3. The summed E-state index contributed by atoms with van der Waals surface area (Å²) in [6.07, 6.45) is 0. The van der Waals surface area contributed by atoms with Crippen molar-refractivity contribution >= 4 is 5.96 Å². The van der Waals surface area contributed by atoms with E-state index in [9.17, 15) is 0 Å². The zero-order valence-corrected chi connectivity index (χ0v) is 13.5. The van der Waals surface area contributed by atoms with E-state index in [2.05, 4.69) is 43.2 Å². The van der Waals surface area contributed by atoms with Crippen LogP contribution in [0.2, 0.25) is 0 Å². The summed E-state index contributed by atoms with van der Waals surface area (Å²) >= 11 is 0. The molecule has 0 aromatic heterocycles. The number of ether oxygens (including phenoxy) is 2. The van der Waals surface area contributed by atoms with Crippen LogP contribution in [0.15, 0.2) is 29.3 Å². The minimum absolute atomic E-state index is 0.160. The minimum Gasteiger partial charge on any atom is -0.492 e. The molecule has 0 aliphatic rings. The lowest BCUT2D eigenvalue weighted by molar-refractivity contribution is 0.208. The van der Waals surface area contributed by atoms with Crippen molar-refractivity contribution in [3.05, 3.63) is 29.8 Å². The van der Waals surface area contributed by atoms with Gasteiger partial charge in [-0.05, 0) is 23.1 Å². The summed E-state index contributed by atoms with van der Waals surface area (Å²) in [5.41, 5.74) is 7.14. The van der Waals surface area contributed by atoms with Gasteiger partial charge in [0, 0.05) is 7.11 Å². The maximum atomic E-state index is 5.69. The molecule has 5 heteroatoms. The molecule has 1 aromatic rings. The number of nitrogens with two attached hydrogens (primary N) is 1. The van der Waals surface area contributed by atoms with Gasteiger partial charge in [-0.1, -0.05) is 32.9 Å². The lowest BCUT2D eigenvalue weighted by Crippen LogP contribution is -2.35. The summed E-state index contributed by atoms with van der Waals surface area (Å²) in [5, 5.41) is 2.99. The van der Waals surface area contributed by atoms with Gasteiger partial charge in [0.2, 0.25) is 0 Å². The van der Waals surface area contributed by atoms with Crippen LogP contribution >= 0.6 is 0 Å². The largest absolute Gasteiger partial charge is 0.492 e. The highest BCUT2D eigenvalue weighted by Gasteiger charge is 2.12. The Labute approximate surface area is 127 Å². The molecule has 5 nitrogen and oxygen atoms in total. The molecule has 0 saturated carbocycles. The second-order valence-electron chi connectivity index (χ2n) is 5.81. The predicted octanol–water partition coefficient (Wildman–Crippen LogP) is 1.91. The number of nitrogens with one attached hydrogen (secondary N) is 1. The zero-order chi connectivity index (χ0) is 15.7. The number of nitrogens with zero attached hydrogens (tertiary/aromatic N) is 1. The number of methoxy groups -OCH3 is 1. The molecule has 0 spiro atoms. The highest BCUT2D eigenvalue weighted by Crippen LogP contribution is 2.24. The molecule has 0 aliphatic heterocycles. The van der Waals surface area contributed by atoms with Gasteiger partial charge in [-0.3, -0.25) is 4.99 Å². The number of rotatable bonds is 7. The van der Waals surface area contributed by atoms with Gasteiger partial charge in [0.15, 0.2) is 5.96 Å². The molecule has 1 aromatic carbocycles. The summed E-state index contributed by atoms with van der Waals surface area (Å²) in [5.74, 6) is 1.28. The van der Waals surface area contributed by atoms with Gasteiger partial charge < -0.3 is 20.5 Å². The lowest BCUT2D eigenvalue weighted by atomic mass is 9.87. The fourth-order valence-electron chi connectivity index (χ4n) is 1.71. The molecule has 0 atom stereocenters. The van der Waals surface area contributed by atoms with Crippen molar-refractivity contribution < 1.29 is 9.47 Å². The van der Waals surface area contributed by atoms with Crippen LogP contribution in [0.5, 0.6) is 5.75 Å². The topological polar surface area (TPSA) is 68.9 Å². The average molecular weight is 293 g/mol. The van der Waals surface area contributed by atoms with Crippen molar-refractivity contribution in [2.45, 2.75) is 26.2 Å². The van der Waals surface area contributed by atoms with E-state index in [1.54, 1.807) is 7.11 Å². The third-order valence-corrected chi connectivity index (χ3v) is 2.97. The predicted molar refractivity (Wildman–Crippen MR) is 87.0 cm³/mol. The number of guanidine groups is 1. The highest BCUT2D eigenvalue weighted by atomic mass is 16.5. The van der Waals surface area contributed by atoms with Gasteiger partial charge in [-0.15, -0.1) is 0 Å². The van der Waals surface area contributed by atoms with Crippen LogP contribution in [0, 0.1) is 0 Å². The van der Waals surface area contributed by atoms with E-state index in [0.717, 1.165) is 5.75 Å². The monoisotopic (exact) mass is 293 g/mol. The van der Waals surface area contributed by atoms with Gasteiger partial charge in [-0.2, -0.15) is 0 Å². The first-order chi connectivity index (χ1) is 9.93. The smallest absolute Gasteiger partial charge is 0.188 e. The number of benzene rings is 1. The molecule has 0 aliphatic carbocycles.